The van der Waals surface area contributed by atoms with Gasteiger partial charge in [0.2, 0.25) is 11.8 Å². The van der Waals surface area contributed by atoms with Gasteiger partial charge in [-0.25, -0.2) is 0 Å². The summed E-state index contributed by atoms with van der Waals surface area (Å²) in [7, 11) is 0. The van der Waals surface area contributed by atoms with E-state index in [4.69, 9.17) is 4.42 Å². The molecule has 3 rings (SSSR count). The molecule has 0 radical (unpaired) electrons. The van der Waals surface area contributed by atoms with Gasteiger partial charge in [-0.3, -0.25) is 9.59 Å². The fourth-order valence-electron chi connectivity index (χ4n) is 2.79. The predicted molar refractivity (Wildman–Crippen MR) is 78.7 cm³/mol. The van der Waals surface area contributed by atoms with E-state index in [0.717, 1.165) is 16.5 Å². The Morgan fingerprint density at radius 1 is 1.43 bits per heavy atom. The van der Waals surface area contributed by atoms with Crippen molar-refractivity contribution in [2.45, 2.75) is 25.8 Å². The topological polar surface area (TPSA) is 62.6 Å². The van der Waals surface area contributed by atoms with Crippen LogP contribution in [0.4, 0.5) is 0 Å². The number of benzene rings is 1. The van der Waals surface area contributed by atoms with Gasteiger partial charge in [0.25, 0.3) is 0 Å². The van der Waals surface area contributed by atoms with E-state index in [-0.39, 0.29) is 17.9 Å². The second-order valence-corrected chi connectivity index (χ2v) is 5.42. The molecule has 1 aromatic carbocycles. The van der Waals surface area contributed by atoms with Gasteiger partial charge in [0, 0.05) is 36.5 Å². The molecule has 21 heavy (non-hydrogen) atoms. The van der Waals surface area contributed by atoms with Crippen molar-refractivity contribution in [3.8, 4) is 0 Å². The number of nitrogens with zero attached hydrogens (tertiary/aromatic N) is 1. The molecule has 2 heterocycles. The molecule has 5 heteroatoms. The highest BCUT2D eigenvalue weighted by Gasteiger charge is 2.25. The van der Waals surface area contributed by atoms with Crippen LogP contribution in [0.25, 0.3) is 11.0 Å². The Morgan fingerprint density at radius 2 is 2.24 bits per heavy atom. The number of carbonyl (C=O) groups is 2. The summed E-state index contributed by atoms with van der Waals surface area (Å²) in [6, 6.07) is 7.62. The minimum Gasteiger partial charge on any atom is -0.464 e. The molecule has 0 aliphatic carbocycles. The van der Waals surface area contributed by atoms with Crippen molar-refractivity contribution in [2.75, 3.05) is 13.1 Å². The van der Waals surface area contributed by atoms with Crippen molar-refractivity contribution >= 4 is 22.8 Å². The number of para-hydroxylation sites is 1. The summed E-state index contributed by atoms with van der Waals surface area (Å²) in [6.07, 6.45) is 2.31. The lowest BCUT2D eigenvalue weighted by molar-refractivity contribution is -0.132. The maximum atomic E-state index is 12.5. The number of rotatable bonds is 2. The zero-order valence-electron chi connectivity index (χ0n) is 12.0. The monoisotopic (exact) mass is 286 g/mol. The van der Waals surface area contributed by atoms with Crippen LogP contribution in [0.3, 0.4) is 0 Å². The van der Waals surface area contributed by atoms with E-state index in [1.165, 1.54) is 0 Å². The third kappa shape index (κ3) is 2.77. The summed E-state index contributed by atoms with van der Waals surface area (Å²) < 4.78 is 5.47. The van der Waals surface area contributed by atoms with Gasteiger partial charge in [0.15, 0.2) is 0 Å². The van der Waals surface area contributed by atoms with E-state index >= 15 is 0 Å². The van der Waals surface area contributed by atoms with Crippen LogP contribution in [0.2, 0.25) is 0 Å². The average molecular weight is 286 g/mol. The molecule has 2 amide bonds. The summed E-state index contributed by atoms with van der Waals surface area (Å²) in [5, 5.41) is 3.77. The molecule has 0 saturated carbocycles. The van der Waals surface area contributed by atoms with Crippen LogP contribution < -0.4 is 5.32 Å². The molecule has 1 aromatic heterocycles. The van der Waals surface area contributed by atoms with Gasteiger partial charge in [-0.2, -0.15) is 0 Å². The van der Waals surface area contributed by atoms with Gasteiger partial charge in [0.05, 0.1) is 12.7 Å². The number of fused-ring (bicyclic) bond motifs is 1. The highest BCUT2D eigenvalue weighted by atomic mass is 16.3. The molecule has 1 unspecified atom stereocenters. The third-order valence-electron chi connectivity index (χ3n) is 3.91. The first kappa shape index (κ1) is 13.7. The third-order valence-corrected chi connectivity index (χ3v) is 3.91. The largest absolute Gasteiger partial charge is 0.464 e. The van der Waals surface area contributed by atoms with Crippen LogP contribution >= 0.6 is 0 Å². The number of carbonyl (C=O) groups excluding carboxylic acids is 2. The van der Waals surface area contributed by atoms with Crippen molar-refractivity contribution in [2.24, 2.45) is 0 Å². The zero-order chi connectivity index (χ0) is 14.8. The van der Waals surface area contributed by atoms with E-state index in [1.807, 2.05) is 31.2 Å². The first-order valence-corrected chi connectivity index (χ1v) is 7.16. The summed E-state index contributed by atoms with van der Waals surface area (Å²) in [4.78, 5) is 25.8. The van der Waals surface area contributed by atoms with Gasteiger partial charge >= 0.3 is 0 Å². The fourth-order valence-corrected chi connectivity index (χ4v) is 2.79. The molecule has 0 spiro atoms. The zero-order valence-corrected chi connectivity index (χ0v) is 12.0. The summed E-state index contributed by atoms with van der Waals surface area (Å²) in [6.45, 7) is 2.98. The maximum Gasteiger partial charge on any atom is 0.227 e. The molecular formula is C16H18N2O3. The number of furan rings is 1. The summed E-state index contributed by atoms with van der Waals surface area (Å²) >= 11 is 0. The Morgan fingerprint density at radius 3 is 3.10 bits per heavy atom. The molecule has 1 saturated heterocycles. The Bertz CT molecular complexity index is 677. The minimum absolute atomic E-state index is 0.00607. The molecule has 0 bridgehead atoms. The molecule has 1 aliphatic rings. The highest BCUT2D eigenvalue weighted by molar-refractivity contribution is 5.88. The Balaban J connectivity index is 1.78. The van der Waals surface area contributed by atoms with Crippen LogP contribution in [-0.4, -0.2) is 35.8 Å². The standard InChI is InChI=1S/C16H18N2O3/c1-11-8-15(19)17-6-7-18(11)16(20)9-12-10-21-14-5-3-2-4-13(12)14/h2-5,10-11H,6-9H2,1H3,(H,17,19). The molecule has 2 aromatic rings. The van der Waals surface area contributed by atoms with Gasteiger partial charge in [0.1, 0.15) is 5.58 Å². The molecule has 1 fully saturated rings. The fraction of sp³-hybridized carbons (Fsp3) is 0.375. The van der Waals surface area contributed by atoms with Crippen LogP contribution in [-0.2, 0) is 16.0 Å². The van der Waals surface area contributed by atoms with E-state index in [2.05, 4.69) is 5.32 Å². The van der Waals surface area contributed by atoms with Crippen molar-refractivity contribution < 1.29 is 14.0 Å². The molecule has 1 aliphatic heterocycles. The normalized spacial score (nSPS) is 19.4. The van der Waals surface area contributed by atoms with Crippen LogP contribution in [0, 0.1) is 0 Å². The maximum absolute atomic E-state index is 12.5. The molecule has 1 N–H and O–H groups in total. The first-order valence-electron chi connectivity index (χ1n) is 7.16. The van der Waals surface area contributed by atoms with E-state index in [9.17, 15) is 9.59 Å². The molecule has 1 atom stereocenters. The smallest absolute Gasteiger partial charge is 0.227 e. The average Bonchev–Trinajstić information content (AvgIpc) is 2.78. The van der Waals surface area contributed by atoms with Crippen molar-refractivity contribution in [3.05, 3.63) is 36.1 Å². The van der Waals surface area contributed by atoms with Crippen molar-refractivity contribution in [1.29, 1.82) is 0 Å². The highest BCUT2D eigenvalue weighted by Crippen LogP contribution is 2.22. The van der Waals surface area contributed by atoms with E-state index in [0.29, 0.717) is 25.9 Å². The van der Waals surface area contributed by atoms with E-state index in [1.54, 1.807) is 11.2 Å². The number of amides is 2. The number of hydrogen-bond donors (Lipinski definition) is 1. The number of nitrogens with one attached hydrogen (secondary N) is 1. The van der Waals surface area contributed by atoms with Gasteiger partial charge in [-0.1, -0.05) is 18.2 Å². The molecular weight excluding hydrogens is 268 g/mol. The Labute approximate surface area is 122 Å². The van der Waals surface area contributed by atoms with Crippen LogP contribution in [0.15, 0.2) is 34.9 Å². The van der Waals surface area contributed by atoms with Crippen molar-refractivity contribution in [1.82, 2.24) is 10.2 Å². The SMILES string of the molecule is CC1CC(=O)NCCN1C(=O)Cc1coc2ccccc12. The lowest BCUT2D eigenvalue weighted by Gasteiger charge is -2.26. The van der Waals surface area contributed by atoms with E-state index < -0.39 is 0 Å². The van der Waals surface area contributed by atoms with Crippen molar-refractivity contribution in [3.63, 3.8) is 0 Å². The second kappa shape index (κ2) is 5.60. The Hall–Kier alpha value is -2.30. The summed E-state index contributed by atoms with van der Waals surface area (Å²) in [5.41, 5.74) is 1.69. The Kier molecular flexibility index (Phi) is 3.64. The van der Waals surface area contributed by atoms with Gasteiger partial charge < -0.3 is 14.6 Å². The van der Waals surface area contributed by atoms with Crippen LogP contribution in [0.5, 0.6) is 0 Å². The second-order valence-electron chi connectivity index (χ2n) is 5.42. The quantitative estimate of drug-likeness (QED) is 0.914. The van der Waals surface area contributed by atoms with Gasteiger partial charge in [-0.05, 0) is 13.0 Å². The first-order chi connectivity index (χ1) is 10.1. The van der Waals surface area contributed by atoms with Crippen LogP contribution in [0.1, 0.15) is 18.9 Å². The summed E-state index contributed by atoms with van der Waals surface area (Å²) in [5.74, 6) is 0.0390. The lowest BCUT2D eigenvalue weighted by atomic mass is 10.1. The predicted octanol–water partition coefficient (Wildman–Crippen LogP) is 1.71. The van der Waals surface area contributed by atoms with Gasteiger partial charge in [-0.15, -0.1) is 0 Å². The molecule has 110 valence electrons. The lowest BCUT2D eigenvalue weighted by Crippen LogP contribution is -2.40. The molecule has 5 nitrogen and oxygen atoms in total. The number of hydrogen-bond acceptors (Lipinski definition) is 3. The minimum atomic E-state index is -0.0711.